The Labute approximate surface area is 111 Å². The average Bonchev–Trinajstić information content (AvgIpc) is 2.35. The van der Waals surface area contributed by atoms with Crippen LogP contribution in [0.4, 0.5) is 5.69 Å². The van der Waals surface area contributed by atoms with Crippen molar-refractivity contribution < 1.29 is 9.90 Å². The van der Waals surface area contributed by atoms with Crippen LogP contribution in [-0.4, -0.2) is 24.2 Å². The number of rotatable bonds is 5. The van der Waals surface area contributed by atoms with E-state index in [2.05, 4.69) is 0 Å². The average molecular weight is 267 g/mol. The van der Waals surface area contributed by atoms with Crippen molar-refractivity contribution in [1.82, 2.24) is 0 Å². The van der Waals surface area contributed by atoms with Gasteiger partial charge in [0.05, 0.1) is 28.3 Å². The molecule has 0 radical (unpaired) electrons. The summed E-state index contributed by atoms with van der Waals surface area (Å²) in [5.74, 6) is -1.31. The van der Waals surface area contributed by atoms with E-state index in [1.54, 1.807) is 25.1 Å². The molecule has 5 heteroatoms. The zero-order chi connectivity index (χ0) is 13.7. The second-order valence-corrected chi connectivity index (χ2v) is 4.46. The topological polar surface area (TPSA) is 64.3 Å². The number of hydrogen-bond acceptors (Lipinski definition) is 3. The summed E-state index contributed by atoms with van der Waals surface area (Å²) in [7, 11) is 0. The number of nitriles is 1. The third kappa shape index (κ3) is 3.38. The molecule has 18 heavy (non-hydrogen) atoms. The van der Waals surface area contributed by atoms with Crippen molar-refractivity contribution >= 4 is 23.3 Å². The fourth-order valence-electron chi connectivity index (χ4n) is 1.64. The van der Waals surface area contributed by atoms with Gasteiger partial charge in [0, 0.05) is 13.1 Å². The molecular weight excluding hydrogens is 252 g/mol. The van der Waals surface area contributed by atoms with Gasteiger partial charge in [-0.15, -0.1) is 0 Å². The van der Waals surface area contributed by atoms with Crippen molar-refractivity contribution in [2.45, 2.75) is 13.8 Å². The molecule has 1 aromatic carbocycles. The molecule has 0 bridgehead atoms. The monoisotopic (exact) mass is 266 g/mol. The summed E-state index contributed by atoms with van der Waals surface area (Å²) in [5, 5.41) is 18.2. The van der Waals surface area contributed by atoms with Crippen LogP contribution in [0.1, 0.15) is 19.4 Å². The van der Waals surface area contributed by atoms with Crippen LogP contribution in [0.5, 0.6) is 0 Å². The van der Waals surface area contributed by atoms with Gasteiger partial charge in [0.1, 0.15) is 0 Å². The molecule has 0 aliphatic carbocycles. The van der Waals surface area contributed by atoms with E-state index in [0.717, 1.165) is 5.69 Å². The molecule has 0 fully saturated rings. The van der Waals surface area contributed by atoms with Crippen molar-refractivity contribution in [3.8, 4) is 6.07 Å². The molecule has 0 heterocycles. The Morgan fingerprint density at radius 2 is 2.28 bits per heavy atom. The van der Waals surface area contributed by atoms with Crippen molar-refractivity contribution in [3.63, 3.8) is 0 Å². The Morgan fingerprint density at radius 1 is 1.61 bits per heavy atom. The van der Waals surface area contributed by atoms with Gasteiger partial charge in [-0.1, -0.05) is 18.5 Å². The molecule has 0 aliphatic rings. The van der Waals surface area contributed by atoms with Crippen LogP contribution < -0.4 is 4.90 Å². The summed E-state index contributed by atoms with van der Waals surface area (Å²) in [6, 6.07) is 7.03. The predicted molar refractivity (Wildman–Crippen MR) is 70.9 cm³/mol. The maximum absolute atomic E-state index is 10.9. The van der Waals surface area contributed by atoms with E-state index in [-0.39, 0.29) is 0 Å². The van der Waals surface area contributed by atoms with Gasteiger partial charge in [-0.2, -0.15) is 5.26 Å². The Kier molecular flexibility index (Phi) is 4.99. The van der Waals surface area contributed by atoms with Crippen LogP contribution in [0.15, 0.2) is 18.2 Å². The molecule has 1 unspecified atom stereocenters. The minimum Gasteiger partial charge on any atom is -0.481 e. The summed E-state index contributed by atoms with van der Waals surface area (Å²) in [6.07, 6.45) is 0. The van der Waals surface area contributed by atoms with Crippen molar-refractivity contribution in [3.05, 3.63) is 28.8 Å². The first-order valence-electron chi connectivity index (χ1n) is 5.67. The smallest absolute Gasteiger partial charge is 0.308 e. The first-order valence-corrected chi connectivity index (χ1v) is 6.04. The van der Waals surface area contributed by atoms with Gasteiger partial charge in [0.15, 0.2) is 0 Å². The molecule has 0 aromatic heterocycles. The number of benzene rings is 1. The Hall–Kier alpha value is -1.73. The van der Waals surface area contributed by atoms with Crippen LogP contribution in [0, 0.1) is 17.2 Å². The summed E-state index contributed by atoms with van der Waals surface area (Å²) in [4.78, 5) is 12.8. The van der Waals surface area contributed by atoms with Crippen LogP contribution >= 0.6 is 11.6 Å². The minimum atomic E-state index is -0.835. The molecule has 0 spiro atoms. The molecule has 96 valence electrons. The summed E-state index contributed by atoms with van der Waals surface area (Å²) >= 11 is 6.10. The van der Waals surface area contributed by atoms with E-state index < -0.39 is 11.9 Å². The Morgan fingerprint density at radius 3 is 2.72 bits per heavy atom. The van der Waals surface area contributed by atoms with E-state index >= 15 is 0 Å². The highest BCUT2D eigenvalue weighted by molar-refractivity contribution is 6.33. The normalized spacial score (nSPS) is 11.7. The Bertz CT molecular complexity index is 482. The number of nitrogens with zero attached hydrogens (tertiary/aromatic N) is 2. The number of carbonyl (C=O) groups is 1. The molecular formula is C13H15ClN2O2. The predicted octanol–water partition coefficient (Wildman–Crippen LogP) is 2.76. The lowest BCUT2D eigenvalue weighted by Gasteiger charge is -2.26. The quantitative estimate of drug-likeness (QED) is 0.890. The number of hydrogen-bond donors (Lipinski definition) is 1. The van der Waals surface area contributed by atoms with Crippen molar-refractivity contribution in [2.75, 3.05) is 18.0 Å². The van der Waals surface area contributed by atoms with Crippen LogP contribution in [-0.2, 0) is 4.79 Å². The third-order valence-corrected chi connectivity index (χ3v) is 3.02. The molecule has 0 saturated heterocycles. The first kappa shape index (κ1) is 14.3. The van der Waals surface area contributed by atoms with Crippen molar-refractivity contribution in [2.24, 2.45) is 5.92 Å². The first-order chi connectivity index (χ1) is 8.49. The molecule has 1 aromatic rings. The number of aliphatic carboxylic acids is 1. The molecule has 0 aliphatic heterocycles. The van der Waals surface area contributed by atoms with Gasteiger partial charge in [0.2, 0.25) is 0 Å². The highest BCUT2D eigenvalue weighted by Crippen LogP contribution is 2.27. The lowest BCUT2D eigenvalue weighted by atomic mass is 10.1. The zero-order valence-corrected chi connectivity index (χ0v) is 11.1. The maximum Gasteiger partial charge on any atom is 0.308 e. The summed E-state index contributed by atoms with van der Waals surface area (Å²) < 4.78 is 0. The maximum atomic E-state index is 10.9. The fourth-order valence-corrected chi connectivity index (χ4v) is 1.94. The summed E-state index contributed by atoms with van der Waals surface area (Å²) in [5.41, 5.74) is 1.25. The SMILES string of the molecule is CCN(CC(C)C(=O)O)c1ccc(C#N)cc1Cl. The molecule has 1 atom stereocenters. The Balaban J connectivity index is 2.96. The van der Waals surface area contributed by atoms with E-state index in [9.17, 15) is 4.79 Å². The molecule has 0 amide bonds. The lowest BCUT2D eigenvalue weighted by Crippen LogP contribution is -2.31. The number of halogens is 1. The zero-order valence-electron chi connectivity index (χ0n) is 10.4. The lowest BCUT2D eigenvalue weighted by molar-refractivity contribution is -0.140. The van der Waals surface area contributed by atoms with E-state index in [1.165, 1.54) is 0 Å². The van der Waals surface area contributed by atoms with Gasteiger partial charge < -0.3 is 10.0 Å². The van der Waals surface area contributed by atoms with Crippen LogP contribution in [0.25, 0.3) is 0 Å². The molecule has 1 N–H and O–H groups in total. The highest BCUT2D eigenvalue weighted by Gasteiger charge is 2.17. The summed E-state index contributed by atoms with van der Waals surface area (Å²) in [6.45, 7) is 4.63. The van der Waals surface area contributed by atoms with Gasteiger partial charge in [-0.25, -0.2) is 0 Å². The van der Waals surface area contributed by atoms with E-state index in [4.69, 9.17) is 22.0 Å². The second kappa shape index (κ2) is 6.27. The molecule has 1 rings (SSSR count). The van der Waals surface area contributed by atoms with Crippen molar-refractivity contribution in [1.29, 1.82) is 5.26 Å². The van der Waals surface area contributed by atoms with Gasteiger partial charge in [0.25, 0.3) is 0 Å². The fraction of sp³-hybridized carbons (Fsp3) is 0.385. The van der Waals surface area contributed by atoms with Crippen LogP contribution in [0.3, 0.4) is 0 Å². The number of anilines is 1. The standard InChI is InChI=1S/C13H15ClN2O2/c1-3-16(8-9(2)13(17)18)12-5-4-10(7-15)6-11(12)14/h4-6,9H,3,8H2,1-2H3,(H,17,18). The molecule has 0 saturated carbocycles. The highest BCUT2D eigenvalue weighted by atomic mass is 35.5. The minimum absolute atomic E-state index is 0.386. The van der Waals surface area contributed by atoms with Crippen LogP contribution in [0.2, 0.25) is 5.02 Å². The third-order valence-electron chi connectivity index (χ3n) is 2.72. The van der Waals surface area contributed by atoms with Gasteiger partial charge in [-0.05, 0) is 25.1 Å². The second-order valence-electron chi connectivity index (χ2n) is 4.06. The van der Waals surface area contributed by atoms with E-state index in [1.807, 2.05) is 17.9 Å². The van der Waals surface area contributed by atoms with E-state index in [0.29, 0.717) is 23.7 Å². The van der Waals surface area contributed by atoms with Gasteiger partial charge >= 0.3 is 5.97 Å². The number of carboxylic acid groups (broad SMARTS) is 1. The number of carboxylic acids is 1. The van der Waals surface area contributed by atoms with Gasteiger partial charge in [-0.3, -0.25) is 4.79 Å². The molecule has 4 nitrogen and oxygen atoms in total. The largest absolute Gasteiger partial charge is 0.481 e.